The quantitative estimate of drug-likeness (QED) is 0.548. The molecule has 108 valence electrons. The van der Waals surface area contributed by atoms with Crippen molar-refractivity contribution in [3.63, 3.8) is 0 Å². The Balaban J connectivity index is 2.97. The third-order valence-corrected chi connectivity index (χ3v) is 4.26. The highest BCUT2D eigenvalue weighted by molar-refractivity contribution is 7.91. The van der Waals surface area contributed by atoms with Crippen LogP contribution in [-0.2, 0) is 24.4 Å². The molecule has 0 aliphatic carbocycles. The normalized spacial score (nSPS) is 12.3. The third-order valence-electron chi connectivity index (χ3n) is 2.11. The van der Waals surface area contributed by atoms with Crippen molar-refractivity contribution >= 4 is 25.9 Å². The number of anilines is 1. The molecule has 0 spiro atoms. The Morgan fingerprint density at radius 1 is 1.26 bits per heavy atom. The Morgan fingerprint density at radius 2 is 1.89 bits per heavy atom. The minimum absolute atomic E-state index is 0.0843. The van der Waals surface area contributed by atoms with Gasteiger partial charge in [-0.2, -0.15) is 8.42 Å². The minimum atomic E-state index is -4.67. The lowest BCUT2D eigenvalue weighted by Crippen LogP contribution is -2.16. The van der Waals surface area contributed by atoms with Gasteiger partial charge in [0.1, 0.15) is 10.6 Å². The smallest absolute Gasteiger partial charge is 0.397 e. The van der Waals surface area contributed by atoms with Gasteiger partial charge in [-0.1, -0.05) is 0 Å². The molecule has 3 N–H and O–H groups in total. The van der Waals surface area contributed by atoms with E-state index in [0.717, 1.165) is 0 Å². The topological polar surface area (TPSA) is 133 Å². The lowest BCUT2D eigenvalue weighted by atomic mass is 10.3. The second-order valence-electron chi connectivity index (χ2n) is 3.48. The van der Waals surface area contributed by atoms with E-state index in [2.05, 4.69) is 4.18 Å². The summed E-state index contributed by atoms with van der Waals surface area (Å²) in [6.07, 6.45) is 0. The maximum Gasteiger partial charge on any atom is 0.397 e. The molecule has 0 radical (unpaired) electrons. The number of hydrogen-bond acceptors (Lipinski definition) is 7. The average Bonchev–Trinajstić information content (AvgIpc) is 2.27. The highest BCUT2D eigenvalue weighted by Crippen LogP contribution is 2.26. The first-order valence-electron chi connectivity index (χ1n) is 4.94. The number of nitrogen functional groups attached to an aromatic ring is 1. The predicted molar refractivity (Wildman–Crippen MR) is 67.0 cm³/mol. The van der Waals surface area contributed by atoms with Crippen LogP contribution in [0.15, 0.2) is 23.1 Å². The van der Waals surface area contributed by atoms with Gasteiger partial charge >= 0.3 is 10.4 Å². The molecule has 0 atom stereocenters. The Morgan fingerprint density at radius 3 is 2.42 bits per heavy atom. The molecule has 1 aromatic rings. The summed E-state index contributed by atoms with van der Waals surface area (Å²) < 4.78 is 61.8. The van der Waals surface area contributed by atoms with E-state index in [1.165, 1.54) is 25.3 Å². The first-order chi connectivity index (χ1) is 8.65. The van der Waals surface area contributed by atoms with Gasteiger partial charge in [0.25, 0.3) is 0 Å². The molecule has 19 heavy (non-hydrogen) atoms. The fourth-order valence-corrected chi connectivity index (χ4v) is 2.99. The van der Waals surface area contributed by atoms with Crippen molar-refractivity contribution in [3.05, 3.63) is 18.2 Å². The molecule has 0 aliphatic heterocycles. The number of ether oxygens (including phenoxy) is 1. The predicted octanol–water partition coefficient (Wildman–Crippen LogP) is -0.129. The number of methoxy groups -OCH3 is 1. The lowest BCUT2D eigenvalue weighted by Gasteiger charge is -2.10. The van der Waals surface area contributed by atoms with Crippen LogP contribution in [0, 0.1) is 0 Å². The summed E-state index contributed by atoms with van der Waals surface area (Å²) >= 11 is 0. The van der Waals surface area contributed by atoms with Gasteiger partial charge in [-0.3, -0.25) is 4.55 Å². The molecule has 0 amide bonds. The number of benzene rings is 1. The lowest BCUT2D eigenvalue weighted by molar-refractivity contribution is 0.284. The zero-order valence-electron chi connectivity index (χ0n) is 9.94. The summed E-state index contributed by atoms with van der Waals surface area (Å²) in [5, 5.41) is 0. The van der Waals surface area contributed by atoms with Gasteiger partial charge in [0, 0.05) is 5.69 Å². The second-order valence-corrected chi connectivity index (χ2v) is 6.65. The Hall–Kier alpha value is -1.36. The summed E-state index contributed by atoms with van der Waals surface area (Å²) in [6, 6.07) is 4.04. The molecule has 0 fully saturated rings. The Labute approximate surface area is 111 Å². The van der Waals surface area contributed by atoms with Crippen LogP contribution in [0.25, 0.3) is 0 Å². The third kappa shape index (κ3) is 4.67. The van der Waals surface area contributed by atoms with E-state index >= 15 is 0 Å². The van der Waals surface area contributed by atoms with Crippen molar-refractivity contribution in [2.24, 2.45) is 0 Å². The standard InChI is InChI=1S/C9H13NO7S2/c1-16-8-3-2-7(10)6-9(8)18(11,12)5-4-17-19(13,14)15/h2-3,6H,4-5,10H2,1H3,(H,13,14,15). The van der Waals surface area contributed by atoms with Crippen LogP contribution in [0.2, 0.25) is 0 Å². The molecule has 0 aliphatic rings. The van der Waals surface area contributed by atoms with E-state index in [1.54, 1.807) is 0 Å². The van der Waals surface area contributed by atoms with E-state index in [0.29, 0.717) is 0 Å². The molecule has 10 heteroatoms. The average molecular weight is 311 g/mol. The van der Waals surface area contributed by atoms with E-state index < -0.39 is 32.6 Å². The molecule has 0 aromatic heterocycles. The van der Waals surface area contributed by atoms with Crippen LogP contribution < -0.4 is 10.5 Å². The molecular formula is C9H13NO7S2. The maximum atomic E-state index is 12.0. The summed E-state index contributed by atoms with van der Waals surface area (Å²) in [5.41, 5.74) is 5.71. The van der Waals surface area contributed by atoms with Gasteiger partial charge in [0.15, 0.2) is 9.84 Å². The fraction of sp³-hybridized carbons (Fsp3) is 0.333. The number of hydrogen-bond donors (Lipinski definition) is 2. The van der Waals surface area contributed by atoms with Gasteiger partial charge in [0.05, 0.1) is 19.5 Å². The summed E-state index contributed by atoms with van der Waals surface area (Å²) in [5.74, 6) is -0.562. The van der Waals surface area contributed by atoms with Crippen molar-refractivity contribution in [2.75, 3.05) is 25.2 Å². The summed E-state index contributed by atoms with van der Waals surface area (Å²) in [6.45, 7) is -0.709. The first kappa shape index (κ1) is 15.7. The molecule has 0 saturated heterocycles. The van der Waals surface area contributed by atoms with Crippen molar-refractivity contribution < 1.29 is 30.3 Å². The molecule has 0 heterocycles. The van der Waals surface area contributed by atoms with E-state index in [4.69, 9.17) is 15.0 Å². The number of rotatable bonds is 6. The van der Waals surface area contributed by atoms with Crippen LogP contribution in [0.3, 0.4) is 0 Å². The second kappa shape index (κ2) is 5.74. The van der Waals surface area contributed by atoms with Gasteiger partial charge in [0.2, 0.25) is 0 Å². The summed E-state index contributed by atoms with van der Waals surface area (Å²) in [7, 11) is -7.24. The van der Waals surface area contributed by atoms with Gasteiger partial charge in [-0.25, -0.2) is 12.6 Å². The molecule has 1 aromatic carbocycles. The Kier molecular flexibility index (Phi) is 4.74. The first-order valence-corrected chi connectivity index (χ1v) is 7.95. The molecule has 0 saturated carbocycles. The van der Waals surface area contributed by atoms with Crippen molar-refractivity contribution in [3.8, 4) is 5.75 Å². The number of sulfone groups is 1. The zero-order valence-corrected chi connectivity index (χ0v) is 11.6. The highest BCUT2D eigenvalue weighted by Gasteiger charge is 2.21. The van der Waals surface area contributed by atoms with Crippen LogP contribution in [0.5, 0.6) is 5.75 Å². The van der Waals surface area contributed by atoms with Gasteiger partial charge in [-0.15, -0.1) is 0 Å². The molecule has 8 nitrogen and oxygen atoms in total. The molecule has 0 unspecified atom stereocenters. The number of nitrogens with two attached hydrogens (primary N) is 1. The Bertz CT molecular complexity index is 651. The van der Waals surface area contributed by atoms with E-state index in [9.17, 15) is 16.8 Å². The zero-order chi connectivity index (χ0) is 14.7. The van der Waals surface area contributed by atoms with E-state index in [1.807, 2.05) is 0 Å². The van der Waals surface area contributed by atoms with Crippen molar-refractivity contribution in [1.29, 1.82) is 0 Å². The van der Waals surface area contributed by atoms with Crippen LogP contribution in [-0.4, -0.2) is 40.9 Å². The van der Waals surface area contributed by atoms with Crippen molar-refractivity contribution in [2.45, 2.75) is 4.90 Å². The van der Waals surface area contributed by atoms with Gasteiger partial charge in [-0.05, 0) is 18.2 Å². The van der Waals surface area contributed by atoms with Crippen LogP contribution >= 0.6 is 0 Å². The fourth-order valence-electron chi connectivity index (χ4n) is 1.30. The molecule has 0 bridgehead atoms. The van der Waals surface area contributed by atoms with E-state index in [-0.39, 0.29) is 16.3 Å². The monoisotopic (exact) mass is 311 g/mol. The maximum absolute atomic E-state index is 12.0. The molecule has 1 rings (SSSR count). The molecular weight excluding hydrogens is 298 g/mol. The van der Waals surface area contributed by atoms with Gasteiger partial charge < -0.3 is 10.5 Å². The van der Waals surface area contributed by atoms with Crippen LogP contribution in [0.1, 0.15) is 0 Å². The minimum Gasteiger partial charge on any atom is -0.495 e. The highest BCUT2D eigenvalue weighted by atomic mass is 32.3. The summed E-state index contributed by atoms with van der Waals surface area (Å²) in [4.78, 5) is -0.172. The largest absolute Gasteiger partial charge is 0.495 e. The SMILES string of the molecule is COc1ccc(N)cc1S(=O)(=O)CCOS(=O)(=O)O. The van der Waals surface area contributed by atoms with Crippen LogP contribution in [0.4, 0.5) is 5.69 Å². The van der Waals surface area contributed by atoms with Crippen molar-refractivity contribution in [1.82, 2.24) is 0 Å².